The van der Waals surface area contributed by atoms with Crippen molar-refractivity contribution in [2.75, 3.05) is 26.9 Å². The number of benzene rings is 1. The molecule has 3 heterocycles. The summed E-state index contributed by atoms with van der Waals surface area (Å²) in [7, 11) is -2.37. The molecule has 1 aliphatic heterocycles. The molecule has 2 aromatic heterocycles. The fourth-order valence-corrected chi connectivity index (χ4v) is 8.55. The Balaban J connectivity index is 1.35. The van der Waals surface area contributed by atoms with E-state index in [0.717, 1.165) is 5.56 Å². The second kappa shape index (κ2) is 15.1. The molecule has 2 aliphatic carbocycles. The Morgan fingerprint density at radius 2 is 1.85 bits per heavy atom. The van der Waals surface area contributed by atoms with Crippen LogP contribution in [0.3, 0.4) is 0 Å². The maximum Gasteiger partial charge on any atom is 0.315 e. The minimum absolute atomic E-state index is 0.00729. The molecule has 3 fully saturated rings. The molecular weight excluding hydrogens is 742 g/mol. The quantitative estimate of drug-likeness (QED) is 0.176. The molecule has 2 saturated carbocycles. The zero-order valence-electron chi connectivity index (χ0n) is 30.4. The predicted octanol–water partition coefficient (Wildman–Crippen LogP) is 2.57. The van der Waals surface area contributed by atoms with E-state index in [-0.39, 0.29) is 25.9 Å². The number of thiazole rings is 1. The number of carbonyl (C=O) groups excluding carboxylic acids is 4. The van der Waals surface area contributed by atoms with Gasteiger partial charge >= 0.3 is 6.03 Å². The van der Waals surface area contributed by atoms with Crippen molar-refractivity contribution in [3.63, 3.8) is 0 Å². The molecule has 290 valence electrons. The number of nitrogens with one attached hydrogen (secondary N) is 4. The number of urea groups is 1. The lowest BCUT2D eigenvalue weighted by Crippen LogP contribution is -2.61. The molecule has 0 unspecified atom stereocenters. The largest absolute Gasteiger partial charge is 0.497 e. The van der Waals surface area contributed by atoms with Gasteiger partial charge in [0, 0.05) is 42.6 Å². The fraction of sp³-hybridized carbons (Fsp3) is 0.514. The molecular formula is C35H44FN9O7S2. The van der Waals surface area contributed by atoms with Crippen molar-refractivity contribution in [1.29, 1.82) is 0 Å². The highest BCUT2D eigenvalue weighted by atomic mass is 32.2. The number of amides is 5. The standard InChI is InChI=1S/C35H44FN9O7S2/c1-6-21-18-35(21,32(48)43-54(50,51)24-11-12-24)40-29(46)25-17-22(19-44(25)31(47)28(34(2,3)4)39-33(49)38-14-13-36)45-41-26(20-7-9-23(52-5)10-8-20)27(42-45)30-37-15-16-53-30/h6-10,15-16,21-22,24-25,28H,1,11-14,17-19H2,2-5H3,(H,40,46)(H,43,48)(H2,38,39,49)/t21-,22-,25+,28+,35+/m1/s1. The highest BCUT2D eigenvalue weighted by Gasteiger charge is 2.62. The van der Waals surface area contributed by atoms with Crippen LogP contribution in [-0.4, -0.2) is 107 Å². The third kappa shape index (κ3) is 7.96. The van der Waals surface area contributed by atoms with Crippen LogP contribution < -0.4 is 25.4 Å². The monoisotopic (exact) mass is 785 g/mol. The second-order valence-corrected chi connectivity index (χ2v) is 17.6. The number of hydrogen-bond acceptors (Lipinski definition) is 11. The first-order valence-corrected chi connectivity index (χ1v) is 20.0. The van der Waals surface area contributed by atoms with Crippen molar-refractivity contribution in [1.82, 2.24) is 45.6 Å². The number of halogens is 1. The van der Waals surface area contributed by atoms with Gasteiger partial charge in [0.2, 0.25) is 21.8 Å². The van der Waals surface area contributed by atoms with E-state index in [1.54, 1.807) is 46.2 Å². The van der Waals surface area contributed by atoms with Crippen LogP contribution in [0.2, 0.25) is 0 Å². The Hall–Kier alpha value is -4.91. The number of sulfonamides is 1. The molecule has 0 bridgehead atoms. The summed E-state index contributed by atoms with van der Waals surface area (Å²) in [6.07, 6.45) is 4.12. The molecule has 5 atom stereocenters. The SMILES string of the molecule is C=C[C@@H]1C[C@@]1(NC(=O)[C@@H]1C[C@@H](n2nc(-c3ccc(OC)cc3)c(-c3nccs3)n2)CN1C(=O)[C@H](NC(=O)NCCF)C(C)(C)C)C(=O)NS(=O)(=O)C1CC1. The number of alkyl halides is 1. The summed E-state index contributed by atoms with van der Waals surface area (Å²) in [5, 5.41) is 19.2. The Morgan fingerprint density at radius 3 is 2.43 bits per heavy atom. The van der Waals surface area contributed by atoms with Crippen LogP contribution in [0, 0.1) is 11.3 Å². The minimum atomic E-state index is -3.93. The molecule has 1 saturated heterocycles. The van der Waals surface area contributed by atoms with E-state index >= 15 is 0 Å². The lowest BCUT2D eigenvalue weighted by atomic mass is 9.85. The first-order valence-electron chi connectivity index (χ1n) is 17.5. The second-order valence-electron chi connectivity index (χ2n) is 14.8. The van der Waals surface area contributed by atoms with Crippen LogP contribution >= 0.6 is 11.3 Å². The third-order valence-electron chi connectivity index (χ3n) is 9.84. The minimum Gasteiger partial charge on any atom is -0.497 e. The van der Waals surface area contributed by atoms with Crippen LogP contribution in [0.5, 0.6) is 5.75 Å². The molecule has 6 rings (SSSR count). The molecule has 4 N–H and O–H groups in total. The van der Waals surface area contributed by atoms with E-state index < -0.39 is 80.7 Å². The number of likely N-dealkylation sites (tertiary alicyclic amines) is 1. The van der Waals surface area contributed by atoms with E-state index in [4.69, 9.17) is 14.9 Å². The summed E-state index contributed by atoms with van der Waals surface area (Å²) in [6, 6.07) is 3.45. The van der Waals surface area contributed by atoms with Gasteiger partial charge < -0.3 is 25.6 Å². The molecule has 54 heavy (non-hydrogen) atoms. The van der Waals surface area contributed by atoms with Crippen LogP contribution in [0.1, 0.15) is 52.5 Å². The predicted molar refractivity (Wildman–Crippen MR) is 197 cm³/mol. The van der Waals surface area contributed by atoms with E-state index in [1.165, 1.54) is 27.1 Å². The number of rotatable bonds is 14. The Labute approximate surface area is 316 Å². The van der Waals surface area contributed by atoms with Gasteiger partial charge in [-0.3, -0.25) is 19.1 Å². The number of methoxy groups -OCH3 is 1. The zero-order chi connectivity index (χ0) is 39.0. The Morgan fingerprint density at radius 1 is 1.15 bits per heavy atom. The summed E-state index contributed by atoms with van der Waals surface area (Å²) in [6.45, 7) is 7.85. The van der Waals surface area contributed by atoms with E-state index in [1.807, 2.05) is 17.5 Å². The average Bonchev–Trinajstić information content (AvgIpc) is 3.91. The van der Waals surface area contributed by atoms with E-state index in [2.05, 4.69) is 32.2 Å². The van der Waals surface area contributed by atoms with Crippen LogP contribution in [-0.2, 0) is 24.4 Å². The summed E-state index contributed by atoms with van der Waals surface area (Å²) in [5.74, 6) is -2.08. The van der Waals surface area contributed by atoms with Gasteiger partial charge in [0.05, 0.1) is 18.4 Å². The molecule has 19 heteroatoms. The summed E-state index contributed by atoms with van der Waals surface area (Å²) < 4.78 is 45.8. The highest BCUT2D eigenvalue weighted by Crippen LogP contribution is 2.46. The van der Waals surface area contributed by atoms with Crippen molar-refractivity contribution in [3.05, 3.63) is 48.5 Å². The van der Waals surface area contributed by atoms with Gasteiger partial charge in [0.25, 0.3) is 5.91 Å². The molecule has 0 spiro atoms. The topological polar surface area (TPSA) is 207 Å². The number of hydrogen-bond donors (Lipinski definition) is 4. The highest BCUT2D eigenvalue weighted by molar-refractivity contribution is 7.91. The first-order chi connectivity index (χ1) is 25.6. The maximum atomic E-state index is 14.5. The number of carbonyl (C=O) groups is 4. The van der Waals surface area contributed by atoms with Gasteiger partial charge in [-0.2, -0.15) is 9.90 Å². The van der Waals surface area contributed by atoms with Crippen LogP contribution in [0.15, 0.2) is 48.5 Å². The summed E-state index contributed by atoms with van der Waals surface area (Å²) >= 11 is 1.37. The van der Waals surface area contributed by atoms with Gasteiger partial charge in [-0.15, -0.1) is 23.0 Å². The van der Waals surface area contributed by atoms with E-state index in [9.17, 15) is 32.0 Å². The molecule has 1 aromatic carbocycles. The molecule has 5 amide bonds. The van der Waals surface area contributed by atoms with Crippen LogP contribution in [0.4, 0.5) is 9.18 Å². The Bertz CT molecular complexity index is 2010. The number of ether oxygens (including phenoxy) is 1. The van der Waals surface area contributed by atoms with Gasteiger partial charge in [-0.1, -0.05) is 26.8 Å². The van der Waals surface area contributed by atoms with Crippen LogP contribution in [0.25, 0.3) is 22.0 Å². The van der Waals surface area contributed by atoms with Crippen molar-refractivity contribution >= 4 is 45.1 Å². The summed E-state index contributed by atoms with van der Waals surface area (Å²) in [4.78, 5) is 62.4. The van der Waals surface area contributed by atoms with Gasteiger partial charge in [0.15, 0.2) is 0 Å². The van der Waals surface area contributed by atoms with E-state index in [0.29, 0.717) is 35.0 Å². The summed E-state index contributed by atoms with van der Waals surface area (Å²) in [5.41, 5.74) is -0.738. The third-order valence-corrected chi connectivity index (χ3v) is 12.4. The molecule has 16 nitrogen and oxygen atoms in total. The van der Waals surface area contributed by atoms with Crippen molar-refractivity contribution in [3.8, 4) is 27.7 Å². The smallest absolute Gasteiger partial charge is 0.315 e. The zero-order valence-corrected chi connectivity index (χ0v) is 32.0. The number of aromatic nitrogens is 4. The maximum absolute atomic E-state index is 14.5. The van der Waals surface area contributed by atoms with Gasteiger partial charge in [-0.25, -0.2) is 22.6 Å². The average molecular weight is 786 g/mol. The lowest BCUT2D eigenvalue weighted by Gasteiger charge is -2.35. The molecule has 3 aromatic rings. The van der Waals surface area contributed by atoms with Crippen molar-refractivity contribution in [2.24, 2.45) is 11.3 Å². The van der Waals surface area contributed by atoms with Crippen molar-refractivity contribution < 1.29 is 36.7 Å². The van der Waals surface area contributed by atoms with Gasteiger partial charge in [-0.05, 0) is 48.9 Å². The molecule has 3 aliphatic rings. The Kier molecular flexibility index (Phi) is 10.8. The van der Waals surface area contributed by atoms with Crippen molar-refractivity contribution in [2.45, 2.75) is 75.4 Å². The normalized spacial score (nSPS) is 22.9. The van der Waals surface area contributed by atoms with Gasteiger partial charge in [0.1, 0.15) is 46.4 Å². The number of nitrogens with zero attached hydrogens (tertiary/aromatic N) is 5. The lowest BCUT2D eigenvalue weighted by molar-refractivity contribution is -0.142. The molecule has 0 radical (unpaired) electrons. The first kappa shape index (κ1) is 38.8. The fourth-order valence-electron chi connectivity index (χ4n) is 6.56.